The van der Waals surface area contributed by atoms with E-state index in [1.54, 1.807) is 0 Å². The lowest BCUT2D eigenvalue weighted by atomic mass is 10.1. The molecule has 3 atom stereocenters. The van der Waals surface area contributed by atoms with Crippen molar-refractivity contribution in [2.45, 2.75) is 49.6 Å². The Balaban J connectivity index is 0.00000162. The van der Waals surface area contributed by atoms with Gasteiger partial charge in [0.2, 0.25) is 5.91 Å². The third-order valence-corrected chi connectivity index (χ3v) is 5.14. The molecule has 0 saturated carbocycles. The first-order valence-corrected chi connectivity index (χ1v) is 7.39. The van der Waals surface area contributed by atoms with Crippen molar-refractivity contribution in [1.29, 1.82) is 0 Å². The van der Waals surface area contributed by atoms with Crippen molar-refractivity contribution in [2.75, 3.05) is 18.8 Å². The van der Waals surface area contributed by atoms with Crippen LogP contribution in [0.15, 0.2) is 0 Å². The van der Waals surface area contributed by atoms with Gasteiger partial charge in [-0.25, -0.2) is 0 Å². The topological polar surface area (TPSA) is 64.4 Å². The van der Waals surface area contributed by atoms with E-state index in [1.807, 2.05) is 11.8 Å². The lowest BCUT2D eigenvalue weighted by Crippen LogP contribution is -2.42. The Kier molecular flexibility index (Phi) is 6.24. The summed E-state index contributed by atoms with van der Waals surface area (Å²) in [5.74, 6) is 1.25. The van der Waals surface area contributed by atoms with Crippen molar-refractivity contribution < 1.29 is 9.53 Å². The summed E-state index contributed by atoms with van der Waals surface area (Å²) in [4.78, 5) is 11.9. The average Bonchev–Trinajstić information content (AvgIpc) is 2.95. The van der Waals surface area contributed by atoms with Gasteiger partial charge in [-0.05, 0) is 38.4 Å². The molecule has 2 fully saturated rings. The number of hydrogen-bond donors (Lipinski definition) is 2. The summed E-state index contributed by atoms with van der Waals surface area (Å²) in [6.07, 6.45) is 3.94. The number of rotatable bonds is 4. The number of carbonyl (C=O) groups excluding carboxylic acids is 1. The lowest BCUT2D eigenvalue weighted by molar-refractivity contribution is -0.131. The molecule has 0 bridgehead atoms. The van der Waals surface area contributed by atoms with E-state index in [9.17, 15) is 4.79 Å². The molecule has 0 aromatic carbocycles. The van der Waals surface area contributed by atoms with Crippen LogP contribution in [-0.2, 0) is 9.53 Å². The van der Waals surface area contributed by atoms with E-state index >= 15 is 0 Å². The number of halogens is 1. The Labute approximate surface area is 119 Å². The first-order chi connectivity index (χ1) is 8.13. The van der Waals surface area contributed by atoms with E-state index in [0.717, 1.165) is 19.4 Å². The smallest absolute Gasteiger partial charge is 0.249 e. The number of ether oxygens (including phenoxy) is 1. The molecule has 3 N–H and O–H groups in total. The highest BCUT2D eigenvalue weighted by Gasteiger charge is 2.33. The van der Waals surface area contributed by atoms with Crippen LogP contribution in [0.25, 0.3) is 0 Å². The molecule has 2 aliphatic heterocycles. The molecular formula is C12H23ClN2O2S. The number of thioether (sulfide) groups is 1. The van der Waals surface area contributed by atoms with Gasteiger partial charge in [-0.2, -0.15) is 11.8 Å². The quantitative estimate of drug-likeness (QED) is 0.821. The fourth-order valence-electron chi connectivity index (χ4n) is 2.44. The van der Waals surface area contributed by atoms with E-state index < -0.39 is 0 Å². The van der Waals surface area contributed by atoms with Gasteiger partial charge in [-0.1, -0.05) is 0 Å². The number of nitrogens with two attached hydrogens (primary N) is 1. The zero-order chi connectivity index (χ0) is 12.3. The van der Waals surface area contributed by atoms with E-state index in [-0.39, 0.29) is 35.3 Å². The summed E-state index contributed by atoms with van der Waals surface area (Å²) >= 11 is 1.96. The Bertz CT molecular complexity index is 285. The zero-order valence-corrected chi connectivity index (χ0v) is 12.4. The fraction of sp³-hybridized carbons (Fsp3) is 0.917. The van der Waals surface area contributed by atoms with Crippen LogP contribution in [-0.4, -0.2) is 41.7 Å². The molecule has 4 nitrogen and oxygen atoms in total. The Morgan fingerprint density at radius 1 is 1.56 bits per heavy atom. The van der Waals surface area contributed by atoms with E-state index in [0.29, 0.717) is 6.54 Å². The molecule has 2 rings (SSSR count). The molecule has 0 aromatic rings. The highest BCUT2D eigenvalue weighted by molar-refractivity contribution is 8.00. The van der Waals surface area contributed by atoms with Crippen LogP contribution in [0.3, 0.4) is 0 Å². The molecule has 0 aliphatic carbocycles. The summed E-state index contributed by atoms with van der Waals surface area (Å²) in [6, 6.07) is 0. The summed E-state index contributed by atoms with van der Waals surface area (Å²) in [5.41, 5.74) is 5.53. The van der Waals surface area contributed by atoms with Crippen LogP contribution >= 0.6 is 24.2 Å². The molecule has 1 amide bonds. The molecule has 0 aromatic heterocycles. The van der Waals surface area contributed by atoms with Gasteiger partial charge in [0.1, 0.15) is 6.10 Å². The summed E-state index contributed by atoms with van der Waals surface area (Å²) < 4.78 is 5.80. The van der Waals surface area contributed by atoms with Gasteiger partial charge in [0.25, 0.3) is 0 Å². The van der Waals surface area contributed by atoms with Gasteiger partial charge in [-0.3, -0.25) is 4.79 Å². The van der Waals surface area contributed by atoms with Crippen LogP contribution in [0.1, 0.15) is 32.6 Å². The zero-order valence-electron chi connectivity index (χ0n) is 10.8. The van der Waals surface area contributed by atoms with Crippen LogP contribution in [0.2, 0.25) is 0 Å². The van der Waals surface area contributed by atoms with Crippen LogP contribution in [0.4, 0.5) is 0 Å². The van der Waals surface area contributed by atoms with Crippen molar-refractivity contribution in [3.8, 4) is 0 Å². The Morgan fingerprint density at radius 2 is 2.33 bits per heavy atom. The summed E-state index contributed by atoms with van der Waals surface area (Å²) in [7, 11) is 0. The van der Waals surface area contributed by atoms with E-state index in [4.69, 9.17) is 10.5 Å². The molecule has 106 valence electrons. The minimum absolute atomic E-state index is 0. The largest absolute Gasteiger partial charge is 0.364 e. The second-order valence-electron chi connectivity index (χ2n) is 5.18. The second kappa shape index (κ2) is 6.98. The van der Waals surface area contributed by atoms with Crippen LogP contribution in [0.5, 0.6) is 0 Å². The van der Waals surface area contributed by atoms with E-state index in [2.05, 4.69) is 12.2 Å². The van der Waals surface area contributed by atoms with Gasteiger partial charge in [0.15, 0.2) is 0 Å². The molecule has 18 heavy (non-hydrogen) atoms. The maximum absolute atomic E-state index is 11.9. The highest BCUT2D eigenvalue weighted by Crippen LogP contribution is 2.37. The van der Waals surface area contributed by atoms with Crippen LogP contribution < -0.4 is 11.1 Å². The Morgan fingerprint density at radius 3 is 2.89 bits per heavy atom. The van der Waals surface area contributed by atoms with Gasteiger partial charge in [0.05, 0.1) is 6.10 Å². The van der Waals surface area contributed by atoms with E-state index in [1.165, 1.54) is 18.6 Å². The van der Waals surface area contributed by atoms with Gasteiger partial charge in [-0.15, -0.1) is 12.4 Å². The van der Waals surface area contributed by atoms with Crippen molar-refractivity contribution >= 4 is 30.1 Å². The van der Waals surface area contributed by atoms with Crippen molar-refractivity contribution in [1.82, 2.24) is 5.32 Å². The molecule has 2 heterocycles. The number of carbonyl (C=O) groups is 1. The van der Waals surface area contributed by atoms with Gasteiger partial charge >= 0.3 is 0 Å². The molecule has 6 heteroatoms. The predicted octanol–water partition coefficient (Wildman–Crippen LogP) is 1.32. The monoisotopic (exact) mass is 294 g/mol. The summed E-state index contributed by atoms with van der Waals surface area (Å²) in [6.45, 7) is 3.49. The minimum Gasteiger partial charge on any atom is -0.364 e. The van der Waals surface area contributed by atoms with Gasteiger partial charge in [0, 0.05) is 17.8 Å². The number of nitrogens with one attached hydrogen (secondary N) is 1. The number of amides is 1. The third kappa shape index (κ3) is 4.02. The maximum atomic E-state index is 11.9. The molecule has 2 saturated heterocycles. The SMILES string of the molecule is CC1(CNC(=O)[C@@H]2CC[C@H](CN)O2)CCCS1.Cl. The van der Waals surface area contributed by atoms with Crippen molar-refractivity contribution in [3.05, 3.63) is 0 Å². The third-order valence-electron chi connectivity index (χ3n) is 3.60. The minimum atomic E-state index is -0.279. The van der Waals surface area contributed by atoms with Gasteiger partial charge < -0.3 is 15.8 Å². The lowest BCUT2D eigenvalue weighted by Gasteiger charge is -2.23. The normalized spacial score (nSPS) is 35.2. The molecule has 0 radical (unpaired) electrons. The Hall–Kier alpha value is 0.0300. The predicted molar refractivity (Wildman–Crippen MR) is 77.3 cm³/mol. The molecule has 2 aliphatic rings. The molecular weight excluding hydrogens is 272 g/mol. The van der Waals surface area contributed by atoms with Crippen LogP contribution in [0, 0.1) is 0 Å². The highest BCUT2D eigenvalue weighted by atomic mass is 35.5. The first-order valence-electron chi connectivity index (χ1n) is 6.40. The summed E-state index contributed by atoms with van der Waals surface area (Å²) in [5, 5.41) is 3.03. The fourth-order valence-corrected chi connectivity index (χ4v) is 3.68. The van der Waals surface area contributed by atoms with Crippen molar-refractivity contribution in [3.63, 3.8) is 0 Å². The van der Waals surface area contributed by atoms with Crippen molar-refractivity contribution in [2.24, 2.45) is 5.73 Å². The average molecular weight is 295 g/mol. The molecule has 1 unspecified atom stereocenters. The number of hydrogen-bond acceptors (Lipinski definition) is 4. The first kappa shape index (κ1) is 16.1. The standard InChI is InChI=1S/C12H22N2O2S.ClH/c1-12(5-2-6-17-12)8-14-11(15)10-4-3-9(7-13)16-10;/h9-10H,2-8,13H2,1H3,(H,14,15);1H/t9-,10+,12?;/m1./s1. The molecule has 0 spiro atoms. The second-order valence-corrected chi connectivity index (χ2v) is 6.86. The maximum Gasteiger partial charge on any atom is 0.249 e.